The van der Waals surface area contributed by atoms with Gasteiger partial charge in [0.15, 0.2) is 0 Å². The molecule has 0 rings (SSSR count). The first-order chi connectivity index (χ1) is 15.1. The topological polar surface area (TPSA) is 56.8 Å². The summed E-state index contributed by atoms with van der Waals surface area (Å²) in [6, 6.07) is 0. The van der Waals surface area contributed by atoms with Gasteiger partial charge in [0, 0.05) is 17.4 Å². The smallest absolute Gasteiger partial charge is 0.220 e. The molecule has 0 aliphatic rings. The normalized spacial score (nSPS) is 11.8. The lowest BCUT2D eigenvalue weighted by Crippen LogP contribution is -2.58. The number of ether oxygens (including phenoxy) is 3. The Morgan fingerprint density at radius 3 is 1.90 bits per heavy atom. The fourth-order valence-corrected chi connectivity index (χ4v) is 5.07. The Labute approximate surface area is 197 Å². The first-order valence-corrected chi connectivity index (χ1v) is 12.8. The van der Waals surface area contributed by atoms with Crippen LogP contribution in [0.3, 0.4) is 0 Å². The van der Waals surface area contributed by atoms with Crippen LogP contribution in [0.15, 0.2) is 0 Å². The van der Waals surface area contributed by atoms with Crippen LogP contribution >= 0.6 is 23.5 Å². The first-order valence-electron chi connectivity index (χ1n) is 10.6. The Morgan fingerprint density at radius 1 is 0.935 bits per heavy atom. The lowest BCUT2D eigenvalue weighted by molar-refractivity contribution is -0.127. The van der Waals surface area contributed by atoms with Crippen molar-refractivity contribution in [1.29, 1.82) is 0 Å². The van der Waals surface area contributed by atoms with E-state index in [0.717, 1.165) is 36.5 Å². The number of hydrogen-bond acceptors (Lipinski definition) is 6. The van der Waals surface area contributed by atoms with Gasteiger partial charge < -0.3 is 19.5 Å². The SMILES string of the molecule is C#CCOCC(COCC#C)(COCC#C)NC(=O)CCC(CSCCC)SCCC. The van der Waals surface area contributed by atoms with Gasteiger partial charge in [-0.1, -0.05) is 31.6 Å². The molecule has 0 aromatic heterocycles. The predicted molar refractivity (Wildman–Crippen MR) is 133 cm³/mol. The molecule has 1 amide bonds. The summed E-state index contributed by atoms with van der Waals surface area (Å²) in [5, 5.41) is 3.50. The zero-order chi connectivity index (χ0) is 23.2. The van der Waals surface area contributed by atoms with E-state index in [1.54, 1.807) is 0 Å². The van der Waals surface area contributed by atoms with Crippen molar-refractivity contribution in [3.05, 3.63) is 0 Å². The summed E-state index contributed by atoms with van der Waals surface area (Å²) in [6.45, 7) is 5.12. The van der Waals surface area contributed by atoms with Gasteiger partial charge in [0.1, 0.15) is 25.4 Å². The maximum atomic E-state index is 12.9. The van der Waals surface area contributed by atoms with Gasteiger partial charge in [-0.25, -0.2) is 0 Å². The predicted octanol–water partition coefficient (Wildman–Crippen LogP) is 3.23. The highest BCUT2D eigenvalue weighted by molar-refractivity contribution is 8.03. The van der Waals surface area contributed by atoms with Crippen LogP contribution < -0.4 is 5.32 Å². The summed E-state index contributed by atoms with van der Waals surface area (Å²) < 4.78 is 16.6. The molecule has 0 spiro atoms. The highest BCUT2D eigenvalue weighted by Crippen LogP contribution is 2.22. The van der Waals surface area contributed by atoms with Gasteiger partial charge in [-0.2, -0.15) is 23.5 Å². The van der Waals surface area contributed by atoms with Crippen molar-refractivity contribution < 1.29 is 19.0 Å². The van der Waals surface area contributed by atoms with Crippen molar-refractivity contribution in [2.75, 3.05) is 56.9 Å². The minimum absolute atomic E-state index is 0.0829. The number of terminal acetylenes is 3. The number of carbonyl (C=O) groups is 1. The highest BCUT2D eigenvalue weighted by atomic mass is 32.2. The average molecular weight is 468 g/mol. The van der Waals surface area contributed by atoms with Crippen LogP contribution in [0.1, 0.15) is 39.5 Å². The third-order valence-corrected chi connectivity index (χ3v) is 7.06. The molecule has 0 radical (unpaired) electrons. The Balaban J connectivity index is 5.05. The maximum Gasteiger partial charge on any atom is 0.220 e. The fraction of sp³-hybridized carbons (Fsp3) is 0.708. The van der Waals surface area contributed by atoms with Crippen molar-refractivity contribution in [2.24, 2.45) is 0 Å². The Hall–Kier alpha value is -1.27. The summed E-state index contributed by atoms with van der Waals surface area (Å²) in [5.74, 6) is 10.5. The van der Waals surface area contributed by atoms with Crippen LogP contribution in [0.25, 0.3) is 0 Å². The lowest BCUT2D eigenvalue weighted by Gasteiger charge is -2.33. The van der Waals surface area contributed by atoms with Gasteiger partial charge >= 0.3 is 0 Å². The van der Waals surface area contributed by atoms with Crippen LogP contribution in [-0.2, 0) is 19.0 Å². The van der Waals surface area contributed by atoms with Gasteiger partial charge in [0.05, 0.1) is 19.8 Å². The summed E-state index contributed by atoms with van der Waals surface area (Å²) >= 11 is 3.89. The van der Waals surface area contributed by atoms with E-state index in [-0.39, 0.29) is 45.5 Å². The van der Waals surface area contributed by atoms with E-state index < -0.39 is 5.54 Å². The molecule has 0 aliphatic heterocycles. The summed E-state index contributed by atoms with van der Waals surface area (Å²) in [4.78, 5) is 12.9. The number of hydrogen-bond donors (Lipinski definition) is 1. The third-order valence-electron chi connectivity index (χ3n) is 4.00. The van der Waals surface area contributed by atoms with Crippen molar-refractivity contribution in [3.8, 4) is 37.0 Å². The molecule has 0 aliphatic carbocycles. The summed E-state index contributed by atoms with van der Waals surface area (Å²) in [6.07, 6.45) is 19.4. The van der Waals surface area contributed by atoms with Crippen LogP contribution in [0.5, 0.6) is 0 Å². The van der Waals surface area contributed by atoms with Crippen LogP contribution in [0.4, 0.5) is 0 Å². The number of rotatable bonds is 20. The molecular weight excluding hydrogens is 430 g/mol. The molecule has 174 valence electrons. The van der Waals surface area contributed by atoms with Gasteiger partial charge in [-0.05, 0) is 30.8 Å². The number of nitrogens with one attached hydrogen (secondary N) is 1. The second-order valence-corrected chi connectivity index (χ2v) is 9.58. The molecule has 1 N–H and O–H groups in total. The number of amides is 1. The van der Waals surface area contributed by atoms with Gasteiger partial charge in [0.25, 0.3) is 0 Å². The molecule has 1 unspecified atom stereocenters. The quantitative estimate of drug-likeness (QED) is 0.219. The van der Waals surface area contributed by atoms with E-state index in [1.165, 1.54) is 0 Å². The Morgan fingerprint density at radius 2 is 1.45 bits per heavy atom. The molecule has 7 heteroatoms. The third kappa shape index (κ3) is 16.1. The molecule has 0 saturated heterocycles. The molecule has 0 heterocycles. The maximum absolute atomic E-state index is 12.9. The van der Waals surface area contributed by atoms with Crippen LogP contribution in [0, 0.1) is 37.0 Å². The molecule has 0 bridgehead atoms. The summed E-state index contributed by atoms with van der Waals surface area (Å²) in [7, 11) is 0. The molecule has 5 nitrogen and oxygen atoms in total. The van der Waals surface area contributed by atoms with Crippen molar-refractivity contribution in [1.82, 2.24) is 5.32 Å². The Kier molecular flexibility index (Phi) is 19.8. The van der Waals surface area contributed by atoms with Gasteiger partial charge in [-0.3, -0.25) is 4.79 Å². The Bertz CT molecular complexity index is 542. The van der Waals surface area contributed by atoms with E-state index >= 15 is 0 Å². The van der Waals surface area contributed by atoms with Crippen LogP contribution in [0.2, 0.25) is 0 Å². The molecule has 0 fully saturated rings. The molecule has 0 aromatic rings. The van der Waals surface area contributed by atoms with E-state index in [0.29, 0.717) is 11.7 Å². The monoisotopic (exact) mass is 467 g/mol. The number of carbonyl (C=O) groups excluding carboxylic acids is 1. The fourth-order valence-electron chi connectivity index (χ4n) is 2.66. The molecular formula is C24H37NO4S2. The van der Waals surface area contributed by atoms with Gasteiger partial charge in [0.2, 0.25) is 5.91 Å². The summed E-state index contributed by atoms with van der Waals surface area (Å²) in [5.41, 5.74) is -0.912. The lowest BCUT2D eigenvalue weighted by atomic mass is 10.0. The molecule has 0 aromatic carbocycles. The van der Waals surface area contributed by atoms with E-state index in [9.17, 15) is 4.79 Å². The molecule has 1 atom stereocenters. The van der Waals surface area contributed by atoms with Crippen molar-refractivity contribution in [2.45, 2.75) is 50.3 Å². The molecule has 31 heavy (non-hydrogen) atoms. The van der Waals surface area contributed by atoms with Gasteiger partial charge in [-0.15, -0.1) is 19.3 Å². The van der Waals surface area contributed by atoms with Crippen molar-refractivity contribution >= 4 is 29.4 Å². The average Bonchev–Trinajstić information content (AvgIpc) is 2.76. The second-order valence-electron chi connectivity index (χ2n) is 7.03. The van der Waals surface area contributed by atoms with E-state index in [4.69, 9.17) is 33.5 Å². The van der Waals surface area contributed by atoms with E-state index in [1.807, 2.05) is 23.5 Å². The van der Waals surface area contributed by atoms with Crippen LogP contribution in [-0.4, -0.2) is 73.6 Å². The first kappa shape index (κ1) is 29.7. The molecule has 0 saturated carbocycles. The number of thioether (sulfide) groups is 2. The second kappa shape index (κ2) is 20.6. The standard InChI is InChI=1S/C24H37NO4S2/c1-6-13-27-19-24(20-28-14-7-2,21-29-15-8-3)25-23(26)12-11-22(31-17-10-5)18-30-16-9-4/h1-3,22H,9-21H2,4-5H3,(H,25,26). The van der Waals surface area contributed by atoms with E-state index in [2.05, 4.69) is 36.9 Å². The van der Waals surface area contributed by atoms with Crippen molar-refractivity contribution in [3.63, 3.8) is 0 Å². The highest BCUT2D eigenvalue weighted by Gasteiger charge is 2.33. The zero-order valence-electron chi connectivity index (χ0n) is 19.0. The zero-order valence-corrected chi connectivity index (χ0v) is 20.6. The largest absolute Gasteiger partial charge is 0.366 e. The minimum atomic E-state index is -0.912. The minimum Gasteiger partial charge on any atom is -0.366 e.